The van der Waals surface area contributed by atoms with Gasteiger partial charge >= 0.3 is 0 Å². The number of halogens is 1. The zero-order chi connectivity index (χ0) is 24.9. The number of hydrogen-bond acceptors (Lipinski definition) is 6. The molecular weight excluding hydrogens is 522 g/mol. The lowest BCUT2D eigenvalue weighted by molar-refractivity contribution is -0.128. The molecule has 2 aliphatic heterocycles. The third-order valence-corrected chi connectivity index (χ3v) is 7.47. The Kier molecular flexibility index (Phi) is 7.77. The molecule has 0 unspecified atom stereocenters. The summed E-state index contributed by atoms with van der Waals surface area (Å²) in [6.07, 6.45) is 3.15. The van der Waals surface area contributed by atoms with E-state index in [-0.39, 0.29) is 17.7 Å². The van der Waals surface area contributed by atoms with Crippen molar-refractivity contribution >= 4 is 27.7 Å². The first-order valence-electron chi connectivity index (χ1n) is 12.5. The van der Waals surface area contributed by atoms with Crippen LogP contribution in [0.3, 0.4) is 0 Å². The molecule has 2 aliphatic rings. The van der Waals surface area contributed by atoms with Gasteiger partial charge in [0, 0.05) is 42.0 Å². The highest BCUT2D eigenvalue weighted by Gasteiger charge is 2.26. The summed E-state index contributed by atoms with van der Waals surface area (Å²) in [5.74, 6) is 1.46. The molecule has 1 aromatic heterocycles. The summed E-state index contributed by atoms with van der Waals surface area (Å²) in [7, 11) is 0. The average Bonchev–Trinajstić information content (AvgIpc) is 3.53. The van der Waals surface area contributed by atoms with Crippen LogP contribution in [-0.2, 0) is 29.2 Å². The van der Waals surface area contributed by atoms with Crippen molar-refractivity contribution in [2.75, 3.05) is 19.6 Å². The normalized spacial score (nSPS) is 17.0. The summed E-state index contributed by atoms with van der Waals surface area (Å²) < 4.78 is 6.44. The topological polar surface area (TPSA) is 91.6 Å². The molecule has 1 N–H and O–H groups in total. The maximum absolute atomic E-state index is 12.9. The molecule has 3 heterocycles. The van der Waals surface area contributed by atoms with E-state index in [4.69, 9.17) is 4.52 Å². The smallest absolute Gasteiger partial charge is 0.241 e. The molecule has 5 rings (SSSR count). The van der Waals surface area contributed by atoms with Crippen molar-refractivity contribution in [1.29, 1.82) is 0 Å². The molecule has 188 valence electrons. The zero-order valence-corrected chi connectivity index (χ0v) is 21.7. The maximum atomic E-state index is 12.9. The van der Waals surface area contributed by atoms with Crippen molar-refractivity contribution in [3.63, 3.8) is 0 Å². The lowest BCUT2D eigenvalue weighted by atomic mass is 9.95. The first-order valence-corrected chi connectivity index (χ1v) is 13.3. The molecule has 0 atom stereocenters. The number of nitrogens with one attached hydrogen (secondary N) is 1. The van der Waals surface area contributed by atoms with Crippen molar-refractivity contribution in [2.24, 2.45) is 5.92 Å². The third-order valence-electron chi connectivity index (χ3n) is 6.97. The predicted molar refractivity (Wildman–Crippen MR) is 138 cm³/mol. The van der Waals surface area contributed by atoms with Crippen molar-refractivity contribution in [3.8, 4) is 11.4 Å². The van der Waals surface area contributed by atoms with Gasteiger partial charge in [0.05, 0.1) is 6.54 Å². The molecule has 0 radical (unpaired) electrons. The van der Waals surface area contributed by atoms with Crippen LogP contribution in [0.5, 0.6) is 0 Å². The summed E-state index contributed by atoms with van der Waals surface area (Å²) in [6, 6.07) is 15.9. The minimum Gasteiger partial charge on any atom is -0.352 e. The van der Waals surface area contributed by atoms with E-state index >= 15 is 0 Å². The summed E-state index contributed by atoms with van der Waals surface area (Å²) >= 11 is 3.47. The second kappa shape index (κ2) is 11.3. The number of carbonyl (C=O) groups excluding carboxylic acids is 2. The highest BCUT2D eigenvalue weighted by molar-refractivity contribution is 9.10. The molecular formula is C27H30BrN5O3. The van der Waals surface area contributed by atoms with E-state index in [9.17, 15) is 9.59 Å². The van der Waals surface area contributed by atoms with Crippen LogP contribution in [0, 0.1) is 5.92 Å². The van der Waals surface area contributed by atoms with Crippen LogP contribution in [0.25, 0.3) is 11.4 Å². The standard InChI is InChI=1S/C27H30BrN5O3/c28-23-8-3-7-20(15-23)26-30-24(36-31-26)18-32-13-10-19(11-14-32)27(35)29-16-21-5-1-2-6-22(21)17-33-12-4-9-25(33)34/h1-3,5-8,15,19H,4,9-14,16-18H2,(H,29,35). The number of carbonyl (C=O) groups is 2. The van der Waals surface area contributed by atoms with E-state index in [1.807, 2.05) is 53.4 Å². The van der Waals surface area contributed by atoms with Gasteiger partial charge < -0.3 is 14.7 Å². The third kappa shape index (κ3) is 6.02. The molecule has 0 saturated carbocycles. The molecule has 9 heteroatoms. The van der Waals surface area contributed by atoms with E-state index in [0.717, 1.165) is 60.1 Å². The summed E-state index contributed by atoms with van der Waals surface area (Å²) in [4.78, 5) is 33.6. The molecule has 36 heavy (non-hydrogen) atoms. The monoisotopic (exact) mass is 551 g/mol. The molecule has 2 fully saturated rings. The second-order valence-corrected chi connectivity index (χ2v) is 10.4. The van der Waals surface area contributed by atoms with Gasteiger partial charge in [-0.25, -0.2) is 0 Å². The Labute approximate surface area is 219 Å². The van der Waals surface area contributed by atoms with Crippen molar-refractivity contribution in [3.05, 3.63) is 70.0 Å². The fourth-order valence-corrected chi connectivity index (χ4v) is 5.30. The number of hydrogen-bond donors (Lipinski definition) is 1. The molecule has 8 nitrogen and oxygen atoms in total. The lowest BCUT2D eigenvalue weighted by Crippen LogP contribution is -2.40. The fraction of sp³-hybridized carbons (Fsp3) is 0.407. The first-order chi connectivity index (χ1) is 17.5. The first kappa shape index (κ1) is 24.6. The van der Waals surface area contributed by atoms with E-state index < -0.39 is 0 Å². The minimum atomic E-state index is -0.00603. The van der Waals surface area contributed by atoms with E-state index in [1.165, 1.54) is 0 Å². The largest absolute Gasteiger partial charge is 0.352 e. The van der Waals surface area contributed by atoms with Gasteiger partial charge in [-0.05, 0) is 55.6 Å². The van der Waals surface area contributed by atoms with Gasteiger partial charge in [0.25, 0.3) is 0 Å². The Morgan fingerprint density at radius 2 is 1.86 bits per heavy atom. The highest BCUT2D eigenvalue weighted by Crippen LogP contribution is 2.23. The molecule has 2 aromatic carbocycles. The van der Waals surface area contributed by atoms with Crippen LogP contribution in [0.4, 0.5) is 0 Å². The van der Waals surface area contributed by atoms with E-state index in [1.54, 1.807) is 0 Å². The Morgan fingerprint density at radius 3 is 2.61 bits per heavy atom. The number of benzene rings is 2. The van der Waals surface area contributed by atoms with Crippen molar-refractivity contribution in [2.45, 2.75) is 45.3 Å². The Bertz CT molecular complexity index is 1220. The van der Waals surface area contributed by atoms with Gasteiger partial charge in [-0.2, -0.15) is 4.98 Å². The molecule has 0 aliphatic carbocycles. The summed E-state index contributed by atoms with van der Waals surface area (Å²) in [5.41, 5.74) is 3.08. The van der Waals surface area contributed by atoms with E-state index in [2.05, 4.69) is 36.3 Å². The average molecular weight is 552 g/mol. The van der Waals surface area contributed by atoms with Crippen LogP contribution in [0.2, 0.25) is 0 Å². The van der Waals surface area contributed by atoms with Crippen LogP contribution in [-0.4, -0.2) is 51.4 Å². The highest BCUT2D eigenvalue weighted by atomic mass is 79.9. The molecule has 3 aromatic rings. The molecule has 0 bridgehead atoms. The van der Waals surface area contributed by atoms with Crippen molar-refractivity contribution < 1.29 is 14.1 Å². The number of rotatable bonds is 8. The van der Waals surface area contributed by atoms with Gasteiger partial charge in [0.1, 0.15) is 0 Å². The van der Waals surface area contributed by atoms with Gasteiger partial charge in [-0.1, -0.05) is 57.5 Å². The summed E-state index contributed by atoms with van der Waals surface area (Å²) in [5, 5.41) is 7.24. The molecule has 2 amide bonds. The van der Waals surface area contributed by atoms with Crippen LogP contribution >= 0.6 is 15.9 Å². The molecule has 2 saturated heterocycles. The van der Waals surface area contributed by atoms with Gasteiger partial charge in [-0.3, -0.25) is 14.5 Å². The van der Waals surface area contributed by atoms with Gasteiger partial charge in [-0.15, -0.1) is 0 Å². The summed E-state index contributed by atoms with van der Waals surface area (Å²) in [6.45, 7) is 4.10. The van der Waals surface area contributed by atoms with Crippen LogP contribution in [0.1, 0.15) is 42.7 Å². The Balaban J connectivity index is 1.09. The second-order valence-electron chi connectivity index (χ2n) is 9.48. The van der Waals surface area contributed by atoms with Crippen molar-refractivity contribution in [1.82, 2.24) is 25.3 Å². The van der Waals surface area contributed by atoms with Crippen LogP contribution in [0.15, 0.2) is 57.5 Å². The predicted octanol–water partition coefficient (Wildman–Crippen LogP) is 4.15. The SMILES string of the molecule is O=C(NCc1ccccc1CN1CCCC1=O)C1CCN(Cc2nc(-c3cccc(Br)c3)no2)CC1. The lowest BCUT2D eigenvalue weighted by Gasteiger charge is -2.30. The maximum Gasteiger partial charge on any atom is 0.241 e. The van der Waals surface area contributed by atoms with Gasteiger partial charge in [0.15, 0.2) is 0 Å². The number of piperidine rings is 1. The Morgan fingerprint density at radius 1 is 1.06 bits per heavy atom. The number of likely N-dealkylation sites (tertiary alicyclic amines) is 2. The Hall–Kier alpha value is -3.04. The zero-order valence-electron chi connectivity index (χ0n) is 20.2. The number of nitrogens with zero attached hydrogens (tertiary/aromatic N) is 4. The number of amides is 2. The molecule has 0 spiro atoms. The van der Waals surface area contributed by atoms with Gasteiger partial charge in [0.2, 0.25) is 23.5 Å². The van der Waals surface area contributed by atoms with Crippen LogP contribution < -0.4 is 5.32 Å². The number of aromatic nitrogens is 2. The van der Waals surface area contributed by atoms with E-state index in [0.29, 0.717) is 37.8 Å². The minimum absolute atomic E-state index is 0.00603. The fourth-order valence-electron chi connectivity index (χ4n) is 4.90. The quantitative estimate of drug-likeness (QED) is 0.452.